The zero-order valence-corrected chi connectivity index (χ0v) is 7.84. The maximum absolute atomic E-state index is 10.9. The van der Waals surface area contributed by atoms with Crippen LogP contribution >= 0.6 is 11.3 Å². The van der Waals surface area contributed by atoms with E-state index in [2.05, 4.69) is 4.98 Å². The number of nitrogen functional groups attached to an aromatic ring is 1. The van der Waals surface area contributed by atoms with Crippen molar-refractivity contribution in [1.82, 2.24) is 4.98 Å². The van der Waals surface area contributed by atoms with E-state index in [1.54, 1.807) is 0 Å². The summed E-state index contributed by atoms with van der Waals surface area (Å²) in [6, 6.07) is 1.41. The molecule has 1 amide bonds. The SMILES string of the molecule is NC(=O)c1sc2nccc(O)c2c1N. The molecule has 0 aromatic carbocycles. The highest BCUT2D eigenvalue weighted by molar-refractivity contribution is 7.21. The molecule has 5 N–H and O–H groups in total. The third kappa shape index (κ3) is 1.08. The summed E-state index contributed by atoms with van der Waals surface area (Å²) in [6.07, 6.45) is 1.44. The fourth-order valence-electron chi connectivity index (χ4n) is 1.21. The number of hydrogen-bond acceptors (Lipinski definition) is 5. The molecular weight excluding hydrogens is 202 g/mol. The molecule has 2 heterocycles. The molecule has 6 heteroatoms. The second-order valence-electron chi connectivity index (χ2n) is 2.72. The minimum atomic E-state index is -0.607. The fraction of sp³-hybridized carbons (Fsp3) is 0. The van der Waals surface area contributed by atoms with Gasteiger partial charge in [0.15, 0.2) is 0 Å². The maximum atomic E-state index is 10.9. The average molecular weight is 209 g/mol. The molecule has 0 spiro atoms. The summed E-state index contributed by atoms with van der Waals surface area (Å²) in [6.45, 7) is 0. The normalized spacial score (nSPS) is 10.6. The van der Waals surface area contributed by atoms with Crippen LogP contribution in [0.2, 0.25) is 0 Å². The molecular formula is C8H7N3O2S. The second-order valence-corrected chi connectivity index (χ2v) is 3.72. The number of fused-ring (bicyclic) bond motifs is 1. The Balaban J connectivity index is 2.87. The van der Waals surface area contributed by atoms with Gasteiger partial charge in [-0.05, 0) is 6.07 Å². The number of carbonyl (C=O) groups excluding carboxylic acids is 1. The lowest BCUT2D eigenvalue weighted by Gasteiger charge is -1.95. The van der Waals surface area contributed by atoms with E-state index in [4.69, 9.17) is 11.5 Å². The van der Waals surface area contributed by atoms with E-state index < -0.39 is 5.91 Å². The van der Waals surface area contributed by atoms with Crippen molar-refractivity contribution in [3.05, 3.63) is 17.1 Å². The number of nitrogens with two attached hydrogens (primary N) is 2. The zero-order valence-electron chi connectivity index (χ0n) is 7.02. The molecule has 0 aliphatic heterocycles. The smallest absolute Gasteiger partial charge is 0.260 e. The van der Waals surface area contributed by atoms with Crippen LogP contribution < -0.4 is 11.5 Å². The molecule has 0 atom stereocenters. The molecule has 0 unspecified atom stereocenters. The Bertz CT molecular complexity index is 521. The van der Waals surface area contributed by atoms with Crippen molar-refractivity contribution in [1.29, 1.82) is 0 Å². The number of hydrogen-bond donors (Lipinski definition) is 3. The molecule has 72 valence electrons. The van der Waals surface area contributed by atoms with Gasteiger partial charge in [-0.2, -0.15) is 0 Å². The molecule has 0 radical (unpaired) electrons. The lowest BCUT2D eigenvalue weighted by atomic mass is 10.2. The molecule has 2 aromatic heterocycles. The van der Waals surface area contributed by atoms with E-state index in [1.165, 1.54) is 12.3 Å². The first-order valence-electron chi connectivity index (χ1n) is 3.77. The maximum Gasteiger partial charge on any atom is 0.260 e. The molecule has 5 nitrogen and oxygen atoms in total. The van der Waals surface area contributed by atoms with Gasteiger partial charge in [-0.15, -0.1) is 11.3 Å². The molecule has 0 aliphatic carbocycles. The summed E-state index contributed by atoms with van der Waals surface area (Å²) >= 11 is 1.08. The first kappa shape index (κ1) is 8.76. The van der Waals surface area contributed by atoms with Crippen LogP contribution in [0.25, 0.3) is 10.2 Å². The molecule has 2 rings (SSSR count). The molecule has 0 saturated heterocycles. The van der Waals surface area contributed by atoms with Gasteiger partial charge >= 0.3 is 0 Å². The number of anilines is 1. The Kier molecular flexibility index (Phi) is 1.78. The molecule has 2 aromatic rings. The first-order chi connectivity index (χ1) is 6.61. The predicted octanol–water partition coefficient (Wildman–Crippen LogP) is 0.683. The number of aromatic hydroxyl groups is 1. The van der Waals surface area contributed by atoms with E-state index >= 15 is 0 Å². The number of nitrogens with zero attached hydrogens (tertiary/aromatic N) is 1. The largest absolute Gasteiger partial charge is 0.507 e. The van der Waals surface area contributed by atoms with Gasteiger partial charge in [-0.25, -0.2) is 4.98 Å². The Morgan fingerprint density at radius 2 is 2.29 bits per heavy atom. The van der Waals surface area contributed by atoms with Crippen LogP contribution in [-0.4, -0.2) is 16.0 Å². The molecule has 0 bridgehead atoms. The summed E-state index contributed by atoms with van der Waals surface area (Å²) < 4.78 is 0. The average Bonchev–Trinajstić information content (AvgIpc) is 2.45. The van der Waals surface area contributed by atoms with Gasteiger partial charge in [-0.1, -0.05) is 0 Å². The molecule has 0 fully saturated rings. The van der Waals surface area contributed by atoms with E-state index in [-0.39, 0.29) is 16.3 Å². The summed E-state index contributed by atoms with van der Waals surface area (Å²) in [5.74, 6) is -0.596. The van der Waals surface area contributed by atoms with E-state index in [1.807, 2.05) is 0 Å². The third-order valence-electron chi connectivity index (χ3n) is 1.83. The Morgan fingerprint density at radius 3 is 2.86 bits per heavy atom. The lowest BCUT2D eigenvalue weighted by molar-refractivity contribution is 0.100. The van der Waals surface area contributed by atoms with Crippen molar-refractivity contribution in [2.45, 2.75) is 0 Å². The summed E-state index contributed by atoms with van der Waals surface area (Å²) in [7, 11) is 0. The van der Waals surface area contributed by atoms with Crippen LogP contribution in [0.15, 0.2) is 12.3 Å². The van der Waals surface area contributed by atoms with Crippen LogP contribution in [0.1, 0.15) is 9.67 Å². The van der Waals surface area contributed by atoms with Crippen LogP contribution in [0, 0.1) is 0 Å². The highest BCUT2D eigenvalue weighted by Gasteiger charge is 2.16. The van der Waals surface area contributed by atoms with Crippen molar-refractivity contribution < 1.29 is 9.90 Å². The van der Waals surface area contributed by atoms with Crippen molar-refractivity contribution in [3.63, 3.8) is 0 Å². The predicted molar refractivity (Wildman–Crippen MR) is 54.2 cm³/mol. The molecule has 0 aliphatic rings. The Morgan fingerprint density at radius 1 is 1.57 bits per heavy atom. The van der Waals surface area contributed by atoms with E-state index in [9.17, 15) is 9.90 Å². The van der Waals surface area contributed by atoms with Crippen molar-refractivity contribution >= 4 is 33.1 Å². The van der Waals surface area contributed by atoms with Gasteiger partial charge in [-0.3, -0.25) is 4.79 Å². The topological polar surface area (TPSA) is 102 Å². The van der Waals surface area contributed by atoms with Gasteiger partial charge in [0.2, 0.25) is 0 Å². The number of thiophene rings is 1. The monoisotopic (exact) mass is 209 g/mol. The number of aromatic nitrogens is 1. The van der Waals surface area contributed by atoms with Crippen LogP contribution in [0.4, 0.5) is 5.69 Å². The van der Waals surface area contributed by atoms with Crippen molar-refractivity contribution in [2.24, 2.45) is 5.73 Å². The summed E-state index contributed by atoms with van der Waals surface area (Å²) in [4.78, 5) is 15.7. The molecule has 0 saturated carbocycles. The minimum Gasteiger partial charge on any atom is -0.507 e. The Hall–Kier alpha value is -1.82. The summed E-state index contributed by atoms with van der Waals surface area (Å²) in [5, 5.41) is 9.88. The number of pyridine rings is 1. The van der Waals surface area contributed by atoms with Gasteiger partial charge in [0, 0.05) is 6.20 Å². The van der Waals surface area contributed by atoms with Crippen molar-refractivity contribution in [3.8, 4) is 5.75 Å². The minimum absolute atomic E-state index is 0.0104. The number of rotatable bonds is 1. The third-order valence-corrected chi connectivity index (χ3v) is 2.96. The van der Waals surface area contributed by atoms with Crippen LogP contribution in [0.5, 0.6) is 5.75 Å². The van der Waals surface area contributed by atoms with Gasteiger partial charge in [0.25, 0.3) is 5.91 Å². The fourth-order valence-corrected chi connectivity index (χ4v) is 2.15. The zero-order chi connectivity index (χ0) is 10.3. The highest BCUT2D eigenvalue weighted by Crippen LogP contribution is 2.36. The van der Waals surface area contributed by atoms with Gasteiger partial charge < -0.3 is 16.6 Å². The number of primary amides is 1. The first-order valence-corrected chi connectivity index (χ1v) is 4.58. The standard InChI is InChI=1S/C8H7N3O2S/c9-5-4-3(12)1-2-11-8(4)14-6(5)7(10)13/h1-2H,9H2,(H2,10,13)(H,11,12). The van der Waals surface area contributed by atoms with Crippen molar-refractivity contribution in [2.75, 3.05) is 5.73 Å². The van der Waals surface area contributed by atoms with Gasteiger partial charge in [0.1, 0.15) is 15.5 Å². The quantitative estimate of drug-likeness (QED) is 0.642. The van der Waals surface area contributed by atoms with Crippen LogP contribution in [-0.2, 0) is 0 Å². The van der Waals surface area contributed by atoms with E-state index in [0.717, 1.165) is 11.3 Å². The number of carbonyl (C=O) groups is 1. The Labute approximate surface area is 83.0 Å². The lowest BCUT2D eigenvalue weighted by Crippen LogP contribution is -2.10. The number of amides is 1. The molecule has 14 heavy (non-hydrogen) atoms. The van der Waals surface area contributed by atoms with Gasteiger partial charge in [0.05, 0.1) is 11.1 Å². The second kappa shape index (κ2) is 2.85. The van der Waals surface area contributed by atoms with E-state index in [0.29, 0.717) is 10.2 Å². The summed E-state index contributed by atoms with van der Waals surface area (Å²) in [5.41, 5.74) is 11.0. The highest BCUT2D eigenvalue weighted by atomic mass is 32.1. The van der Waals surface area contributed by atoms with Crippen LogP contribution in [0.3, 0.4) is 0 Å².